The number of hydrogen-bond acceptors (Lipinski definition) is 5. The molecule has 102 valence electrons. The van der Waals surface area contributed by atoms with E-state index in [0.29, 0.717) is 10.7 Å². The fourth-order valence-electron chi connectivity index (χ4n) is 1.34. The molecule has 5 nitrogen and oxygen atoms in total. The van der Waals surface area contributed by atoms with Crippen LogP contribution in [0.3, 0.4) is 0 Å². The summed E-state index contributed by atoms with van der Waals surface area (Å²) in [5, 5.41) is 4.48. The van der Waals surface area contributed by atoms with E-state index in [9.17, 15) is 13.2 Å². The lowest BCUT2D eigenvalue weighted by molar-refractivity contribution is -0.141. The molecule has 0 aliphatic carbocycles. The zero-order chi connectivity index (χ0) is 14.0. The average molecular weight is 289 g/mol. The largest absolute Gasteiger partial charge is 0.433 e. The molecule has 0 amide bonds. The van der Waals surface area contributed by atoms with Gasteiger partial charge in [-0.1, -0.05) is 6.07 Å². The van der Waals surface area contributed by atoms with Gasteiger partial charge in [0.25, 0.3) is 0 Å². The topological polar surface area (TPSA) is 69.6 Å². The summed E-state index contributed by atoms with van der Waals surface area (Å²) >= 11 is 1.00. The highest BCUT2D eigenvalue weighted by atomic mass is 32.2. The number of aryl methyl sites for hydroxylation is 1. The second-order valence-corrected chi connectivity index (χ2v) is 4.59. The number of pyridine rings is 1. The Morgan fingerprint density at radius 3 is 2.63 bits per heavy atom. The van der Waals surface area contributed by atoms with Crippen LogP contribution in [0.4, 0.5) is 13.2 Å². The normalized spacial score (nSPS) is 11.8. The second-order valence-electron chi connectivity index (χ2n) is 3.63. The molecule has 0 saturated carbocycles. The van der Waals surface area contributed by atoms with E-state index in [4.69, 9.17) is 5.73 Å². The van der Waals surface area contributed by atoms with Crippen molar-refractivity contribution in [1.82, 2.24) is 19.7 Å². The van der Waals surface area contributed by atoms with E-state index in [1.165, 1.54) is 17.1 Å². The van der Waals surface area contributed by atoms with Crippen LogP contribution in [0.15, 0.2) is 28.6 Å². The zero-order valence-electron chi connectivity index (χ0n) is 9.85. The first kappa shape index (κ1) is 13.8. The molecule has 0 aliphatic heterocycles. The second kappa shape index (κ2) is 5.17. The standard InChI is InChI=1S/C10H10F3N5S/c1-18-9(15-5-16-18)19-8-6(4-14)2-3-7(17-8)10(11,12)13/h2-3,5H,4,14H2,1H3. The lowest BCUT2D eigenvalue weighted by Gasteiger charge is -2.10. The summed E-state index contributed by atoms with van der Waals surface area (Å²) < 4.78 is 39.3. The van der Waals surface area contributed by atoms with Gasteiger partial charge in [-0.2, -0.15) is 18.3 Å². The summed E-state index contributed by atoms with van der Waals surface area (Å²) in [4.78, 5) is 7.54. The van der Waals surface area contributed by atoms with Gasteiger partial charge in [0.1, 0.15) is 17.0 Å². The Morgan fingerprint density at radius 2 is 2.11 bits per heavy atom. The Morgan fingerprint density at radius 1 is 1.37 bits per heavy atom. The Bertz CT molecular complexity index is 581. The summed E-state index contributed by atoms with van der Waals surface area (Å²) in [6.45, 7) is 0.103. The molecule has 2 rings (SSSR count). The first-order valence-electron chi connectivity index (χ1n) is 5.21. The van der Waals surface area contributed by atoms with E-state index in [1.807, 2.05) is 0 Å². The molecule has 2 heterocycles. The third-order valence-electron chi connectivity index (χ3n) is 2.31. The van der Waals surface area contributed by atoms with Crippen LogP contribution in [-0.4, -0.2) is 19.7 Å². The molecular weight excluding hydrogens is 279 g/mol. The molecule has 0 aliphatic rings. The summed E-state index contributed by atoms with van der Waals surface area (Å²) in [6.07, 6.45) is -3.17. The van der Waals surface area contributed by atoms with Crippen molar-refractivity contribution in [3.05, 3.63) is 29.7 Å². The molecule has 0 atom stereocenters. The maximum absolute atomic E-state index is 12.6. The smallest absolute Gasteiger partial charge is 0.326 e. The average Bonchev–Trinajstić information content (AvgIpc) is 2.74. The highest BCUT2D eigenvalue weighted by Gasteiger charge is 2.33. The SMILES string of the molecule is Cn1ncnc1Sc1nc(C(F)(F)F)ccc1CN. The molecule has 0 bridgehead atoms. The van der Waals surface area contributed by atoms with E-state index in [0.717, 1.165) is 17.8 Å². The van der Waals surface area contributed by atoms with Crippen LogP contribution in [0.2, 0.25) is 0 Å². The van der Waals surface area contributed by atoms with Gasteiger partial charge in [-0.05, 0) is 23.4 Å². The van der Waals surface area contributed by atoms with Crippen molar-refractivity contribution in [1.29, 1.82) is 0 Å². The number of aromatic nitrogens is 4. The van der Waals surface area contributed by atoms with Crippen LogP contribution >= 0.6 is 11.8 Å². The molecule has 2 aromatic heterocycles. The van der Waals surface area contributed by atoms with Gasteiger partial charge in [0.15, 0.2) is 5.16 Å². The number of rotatable bonds is 3. The minimum absolute atomic E-state index is 0.103. The maximum Gasteiger partial charge on any atom is 0.433 e. The molecule has 9 heteroatoms. The van der Waals surface area contributed by atoms with Crippen molar-refractivity contribution in [2.24, 2.45) is 12.8 Å². The van der Waals surface area contributed by atoms with Crippen molar-refractivity contribution in [3.63, 3.8) is 0 Å². The monoisotopic (exact) mass is 289 g/mol. The minimum atomic E-state index is -4.48. The fourth-order valence-corrected chi connectivity index (χ4v) is 2.21. The molecule has 0 aromatic carbocycles. The molecule has 0 radical (unpaired) electrons. The highest BCUT2D eigenvalue weighted by Crippen LogP contribution is 2.32. The van der Waals surface area contributed by atoms with Gasteiger partial charge >= 0.3 is 6.18 Å². The van der Waals surface area contributed by atoms with E-state index in [2.05, 4.69) is 15.1 Å². The van der Waals surface area contributed by atoms with Crippen LogP contribution in [0.1, 0.15) is 11.3 Å². The van der Waals surface area contributed by atoms with E-state index in [1.54, 1.807) is 7.05 Å². The number of hydrogen-bond donors (Lipinski definition) is 1. The Kier molecular flexibility index (Phi) is 3.76. The van der Waals surface area contributed by atoms with Crippen molar-refractivity contribution in [2.75, 3.05) is 0 Å². The molecule has 0 unspecified atom stereocenters. The van der Waals surface area contributed by atoms with Crippen molar-refractivity contribution in [2.45, 2.75) is 22.9 Å². The Hall–Kier alpha value is -1.61. The minimum Gasteiger partial charge on any atom is -0.326 e. The van der Waals surface area contributed by atoms with E-state index >= 15 is 0 Å². The molecule has 2 N–H and O–H groups in total. The van der Waals surface area contributed by atoms with Gasteiger partial charge in [0, 0.05) is 13.6 Å². The van der Waals surface area contributed by atoms with Crippen LogP contribution in [-0.2, 0) is 19.8 Å². The van der Waals surface area contributed by atoms with E-state index < -0.39 is 11.9 Å². The third-order valence-corrected chi connectivity index (χ3v) is 3.41. The lowest BCUT2D eigenvalue weighted by Crippen LogP contribution is -2.10. The third kappa shape index (κ3) is 3.04. The molecule has 19 heavy (non-hydrogen) atoms. The number of nitrogens with zero attached hydrogens (tertiary/aromatic N) is 4. The van der Waals surface area contributed by atoms with Gasteiger partial charge in [0.05, 0.1) is 0 Å². The summed E-state index contributed by atoms with van der Waals surface area (Å²) in [5.41, 5.74) is 5.08. The van der Waals surface area contributed by atoms with Gasteiger partial charge in [-0.15, -0.1) is 0 Å². The van der Waals surface area contributed by atoms with Crippen molar-refractivity contribution in [3.8, 4) is 0 Å². The number of alkyl halides is 3. The molecule has 2 aromatic rings. The van der Waals surface area contributed by atoms with Gasteiger partial charge in [-0.3, -0.25) is 0 Å². The number of nitrogens with two attached hydrogens (primary N) is 1. The molecular formula is C10H10F3N5S. The van der Waals surface area contributed by atoms with Gasteiger partial charge in [0.2, 0.25) is 0 Å². The van der Waals surface area contributed by atoms with Crippen LogP contribution in [0.25, 0.3) is 0 Å². The van der Waals surface area contributed by atoms with Gasteiger partial charge in [-0.25, -0.2) is 14.6 Å². The highest BCUT2D eigenvalue weighted by molar-refractivity contribution is 7.99. The van der Waals surface area contributed by atoms with Crippen LogP contribution in [0, 0.1) is 0 Å². The first-order chi connectivity index (χ1) is 8.91. The first-order valence-corrected chi connectivity index (χ1v) is 6.02. The summed E-state index contributed by atoms with van der Waals surface area (Å²) in [5.74, 6) is 0. The van der Waals surface area contributed by atoms with Crippen LogP contribution in [0.5, 0.6) is 0 Å². The van der Waals surface area contributed by atoms with Gasteiger partial charge < -0.3 is 5.73 Å². The Balaban J connectivity index is 2.40. The fraction of sp³-hybridized carbons (Fsp3) is 0.300. The Labute approximate surface area is 111 Å². The molecule has 0 spiro atoms. The maximum atomic E-state index is 12.6. The zero-order valence-corrected chi connectivity index (χ0v) is 10.7. The predicted octanol–water partition coefficient (Wildman–Crippen LogP) is 1.84. The molecule has 0 fully saturated rings. The lowest BCUT2D eigenvalue weighted by atomic mass is 10.2. The quantitative estimate of drug-likeness (QED) is 0.933. The van der Waals surface area contributed by atoms with E-state index in [-0.39, 0.29) is 11.6 Å². The summed E-state index contributed by atoms with van der Waals surface area (Å²) in [6, 6.07) is 2.25. The van der Waals surface area contributed by atoms with Crippen molar-refractivity contribution < 1.29 is 13.2 Å². The molecule has 0 saturated heterocycles. The predicted molar refractivity (Wildman–Crippen MR) is 62.3 cm³/mol. The summed E-state index contributed by atoms with van der Waals surface area (Å²) in [7, 11) is 1.64. The van der Waals surface area contributed by atoms with Crippen LogP contribution < -0.4 is 5.73 Å². The number of halogens is 3. The van der Waals surface area contributed by atoms with Crippen molar-refractivity contribution >= 4 is 11.8 Å².